The number of nitrogens with zero attached hydrogens (tertiary/aromatic N) is 2. The number of benzene rings is 2. The van der Waals surface area contributed by atoms with Crippen LogP contribution in [0.1, 0.15) is 25.8 Å². The molecule has 1 heterocycles. The first-order valence-electron chi connectivity index (χ1n) is 10.5. The number of carbonyl (C=O) groups excluding carboxylic acids is 2. The van der Waals surface area contributed by atoms with Crippen LogP contribution in [0.4, 0.5) is 11.4 Å². The molecule has 2 amide bonds. The van der Waals surface area contributed by atoms with Gasteiger partial charge < -0.3 is 15.0 Å². The fourth-order valence-corrected chi connectivity index (χ4v) is 3.76. The van der Waals surface area contributed by atoms with Gasteiger partial charge in [-0.15, -0.1) is 0 Å². The van der Waals surface area contributed by atoms with Gasteiger partial charge in [0, 0.05) is 49.7 Å². The van der Waals surface area contributed by atoms with Gasteiger partial charge in [0.15, 0.2) is 0 Å². The number of halogens is 1. The molecule has 0 radical (unpaired) electrons. The smallest absolute Gasteiger partial charge is 0.278 e. The Kier molecular flexibility index (Phi) is 7.71. The second kappa shape index (κ2) is 10.5. The molecule has 0 unspecified atom stereocenters. The molecule has 1 aliphatic rings. The van der Waals surface area contributed by atoms with Crippen molar-refractivity contribution in [2.75, 3.05) is 43.6 Å². The van der Waals surface area contributed by atoms with Gasteiger partial charge in [0.2, 0.25) is 0 Å². The van der Waals surface area contributed by atoms with Crippen LogP contribution in [0.25, 0.3) is 5.57 Å². The fourth-order valence-electron chi connectivity index (χ4n) is 3.64. The highest BCUT2D eigenvalue weighted by Gasteiger charge is 2.38. The molecule has 1 aliphatic heterocycles. The van der Waals surface area contributed by atoms with Crippen LogP contribution in [-0.4, -0.2) is 50.1 Å². The van der Waals surface area contributed by atoms with Crippen molar-refractivity contribution in [3.8, 4) is 0 Å². The average molecular weight is 442 g/mol. The number of amides is 2. The van der Waals surface area contributed by atoms with Crippen LogP contribution in [0.15, 0.2) is 54.2 Å². The molecule has 0 saturated heterocycles. The minimum absolute atomic E-state index is 0.278. The van der Waals surface area contributed by atoms with E-state index in [0.29, 0.717) is 35.7 Å². The highest BCUT2D eigenvalue weighted by Crippen LogP contribution is 2.31. The molecule has 0 atom stereocenters. The van der Waals surface area contributed by atoms with Gasteiger partial charge in [-0.1, -0.05) is 23.7 Å². The number of nitrogens with one attached hydrogen (secondary N) is 1. The van der Waals surface area contributed by atoms with Gasteiger partial charge in [0.1, 0.15) is 5.70 Å². The van der Waals surface area contributed by atoms with E-state index in [4.69, 9.17) is 16.3 Å². The molecule has 0 aromatic heterocycles. The Balaban J connectivity index is 1.93. The van der Waals surface area contributed by atoms with Gasteiger partial charge in [-0.3, -0.25) is 14.5 Å². The van der Waals surface area contributed by atoms with Gasteiger partial charge >= 0.3 is 0 Å². The quantitative estimate of drug-likeness (QED) is 0.437. The third kappa shape index (κ3) is 5.09. The summed E-state index contributed by atoms with van der Waals surface area (Å²) in [7, 11) is 1.60. The van der Waals surface area contributed by atoms with Crippen molar-refractivity contribution in [3.63, 3.8) is 0 Å². The Morgan fingerprint density at radius 1 is 0.968 bits per heavy atom. The van der Waals surface area contributed by atoms with Crippen LogP contribution in [0.3, 0.4) is 0 Å². The third-order valence-corrected chi connectivity index (χ3v) is 5.55. The van der Waals surface area contributed by atoms with Crippen LogP contribution >= 0.6 is 11.6 Å². The summed E-state index contributed by atoms with van der Waals surface area (Å²) < 4.78 is 5.07. The molecule has 1 N–H and O–H groups in total. The Morgan fingerprint density at radius 2 is 1.61 bits per heavy atom. The molecular formula is C24H28ClN3O3. The van der Waals surface area contributed by atoms with Crippen molar-refractivity contribution in [1.82, 2.24) is 4.90 Å². The van der Waals surface area contributed by atoms with Crippen LogP contribution in [-0.2, 0) is 14.3 Å². The lowest BCUT2D eigenvalue weighted by Gasteiger charge is -2.21. The third-order valence-electron chi connectivity index (χ3n) is 5.30. The van der Waals surface area contributed by atoms with Crippen molar-refractivity contribution in [1.29, 1.82) is 0 Å². The van der Waals surface area contributed by atoms with Gasteiger partial charge in [-0.2, -0.15) is 0 Å². The number of rotatable bonds is 10. The lowest BCUT2D eigenvalue weighted by Crippen LogP contribution is -2.33. The number of hydrogen-bond acceptors (Lipinski definition) is 5. The number of anilines is 2. The fraction of sp³-hybridized carbons (Fsp3) is 0.333. The number of methoxy groups -OCH3 is 1. The molecule has 0 bridgehead atoms. The molecule has 2 aromatic rings. The number of ether oxygens (including phenoxy) is 1. The van der Waals surface area contributed by atoms with Crippen LogP contribution in [0, 0.1) is 0 Å². The molecule has 2 aromatic carbocycles. The summed E-state index contributed by atoms with van der Waals surface area (Å²) >= 11 is 6.02. The normalized spacial score (nSPS) is 13.9. The summed E-state index contributed by atoms with van der Waals surface area (Å²) in [5, 5.41) is 3.76. The summed E-state index contributed by atoms with van der Waals surface area (Å²) in [6.45, 7) is 6.83. The maximum atomic E-state index is 13.1. The Morgan fingerprint density at radius 3 is 2.19 bits per heavy atom. The van der Waals surface area contributed by atoms with Crippen LogP contribution in [0.2, 0.25) is 5.02 Å². The second-order valence-corrected chi connectivity index (χ2v) is 7.65. The zero-order valence-electron chi connectivity index (χ0n) is 18.2. The first-order chi connectivity index (χ1) is 15.0. The second-order valence-electron chi connectivity index (χ2n) is 7.21. The average Bonchev–Trinajstić information content (AvgIpc) is 3.01. The standard InChI is InChI=1S/C24H28ClN3O3/c1-4-27(5-2)20-13-11-19(12-14-20)26-22-21(17-7-9-18(25)10-8-17)23(29)28(24(22)30)15-6-16-31-3/h7-14,26H,4-6,15-16H2,1-3H3. The highest BCUT2D eigenvalue weighted by atomic mass is 35.5. The molecule has 6 nitrogen and oxygen atoms in total. The zero-order valence-corrected chi connectivity index (χ0v) is 18.9. The van der Waals surface area contributed by atoms with Crippen molar-refractivity contribution in [2.24, 2.45) is 0 Å². The highest BCUT2D eigenvalue weighted by molar-refractivity contribution is 6.36. The van der Waals surface area contributed by atoms with E-state index in [-0.39, 0.29) is 17.5 Å². The lowest BCUT2D eigenvalue weighted by atomic mass is 10.0. The van der Waals surface area contributed by atoms with Gasteiger partial charge in [0.25, 0.3) is 11.8 Å². The van der Waals surface area contributed by atoms with E-state index in [0.717, 1.165) is 24.5 Å². The monoisotopic (exact) mass is 441 g/mol. The summed E-state index contributed by atoms with van der Waals surface area (Å²) in [6, 6.07) is 14.8. The number of imide groups is 1. The SMILES string of the molecule is CCN(CC)c1ccc(NC2=C(c3ccc(Cl)cc3)C(=O)N(CCCOC)C2=O)cc1. The minimum atomic E-state index is -0.334. The minimum Gasteiger partial charge on any atom is -0.385 e. The molecule has 164 valence electrons. The molecule has 0 aliphatic carbocycles. The summed E-state index contributed by atoms with van der Waals surface area (Å²) in [6.07, 6.45) is 0.577. The van der Waals surface area contributed by atoms with Crippen molar-refractivity contribution >= 4 is 40.4 Å². The maximum absolute atomic E-state index is 13.1. The van der Waals surface area contributed by atoms with E-state index in [1.54, 1.807) is 31.4 Å². The number of carbonyl (C=O) groups is 2. The maximum Gasteiger partial charge on any atom is 0.278 e. The lowest BCUT2D eigenvalue weighted by molar-refractivity contribution is -0.136. The topological polar surface area (TPSA) is 61.9 Å². The van der Waals surface area contributed by atoms with E-state index in [1.165, 1.54) is 4.90 Å². The van der Waals surface area contributed by atoms with Gasteiger partial charge in [-0.05, 0) is 62.2 Å². The Labute approximate surface area is 188 Å². The molecule has 31 heavy (non-hydrogen) atoms. The van der Waals surface area contributed by atoms with Gasteiger partial charge in [-0.25, -0.2) is 0 Å². The number of hydrogen-bond donors (Lipinski definition) is 1. The molecular weight excluding hydrogens is 414 g/mol. The van der Waals surface area contributed by atoms with E-state index < -0.39 is 0 Å². The molecule has 3 rings (SSSR count). The van der Waals surface area contributed by atoms with Crippen LogP contribution < -0.4 is 10.2 Å². The molecule has 0 spiro atoms. The summed E-state index contributed by atoms with van der Waals surface area (Å²) in [5.41, 5.74) is 3.14. The zero-order chi connectivity index (χ0) is 22.4. The summed E-state index contributed by atoms with van der Waals surface area (Å²) in [5.74, 6) is -0.649. The van der Waals surface area contributed by atoms with Gasteiger partial charge in [0.05, 0.1) is 5.57 Å². The molecule has 0 saturated carbocycles. The van der Waals surface area contributed by atoms with Crippen molar-refractivity contribution in [3.05, 3.63) is 64.8 Å². The van der Waals surface area contributed by atoms with E-state index >= 15 is 0 Å². The van der Waals surface area contributed by atoms with Crippen molar-refractivity contribution in [2.45, 2.75) is 20.3 Å². The molecule has 0 fully saturated rings. The summed E-state index contributed by atoms with van der Waals surface area (Å²) in [4.78, 5) is 29.8. The Hall–Kier alpha value is -2.83. The predicted molar refractivity (Wildman–Crippen MR) is 125 cm³/mol. The van der Waals surface area contributed by atoms with E-state index in [2.05, 4.69) is 24.1 Å². The first-order valence-corrected chi connectivity index (χ1v) is 10.8. The van der Waals surface area contributed by atoms with E-state index in [1.807, 2.05) is 24.3 Å². The first kappa shape index (κ1) is 22.8. The predicted octanol–water partition coefficient (Wildman–Crippen LogP) is 4.41. The largest absolute Gasteiger partial charge is 0.385 e. The van der Waals surface area contributed by atoms with E-state index in [9.17, 15) is 9.59 Å². The van der Waals surface area contributed by atoms with Crippen molar-refractivity contribution < 1.29 is 14.3 Å². The van der Waals surface area contributed by atoms with Crippen LogP contribution in [0.5, 0.6) is 0 Å². The molecule has 7 heteroatoms. The Bertz CT molecular complexity index is 951.